The van der Waals surface area contributed by atoms with Gasteiger partial charge in [0.15, 0.2) is 0 Å². The van der Waals surface area contributed by atoms with Crippen LogP contribution in [-0.2, 0) is 10.8 Å². The Bertz CT molecular complexity index is 3010. The van der Waals surface area contributed by atoms with E-state index in [1.54, 1.807) is 12.1 Å². The molecule has 5 heteroatoms. The number of aryl methyl sites for hydroxylation is 1. The second-order valence-corrected chi connectivity index (χ2v) is 16.6. The van der Waals surface area contributed by atoms with Crippen molar-refractivity contribution >= 4 is 50.6 Å². The van der Waals surface area contributed by atoms with E-state index in [0.29, 0.717) is 17.2 Å². The summed E-state index contributed by atoms with van der Waals surface area (Å²) < 4.78 is 38.1. The zero-order valence-corrected chi connectivity index (χ0v) is 32.6. The van der Waals surface area contributed by atoms with Gasteiger partial charge in [0.1, 0.15) is 17.3 Å². The molecule has 2 aromatic heterocycles. The van der Waals surface area contributed by atoms with E-state index >= 15 is 0 Å². The fourth-order valence-electron chi connectivity index (χ4n) is 7.60. The number of benzene rings is 6. The van der Waals surface area contributed by atoms with Crippen LogP contribution >= 0.6 is 0 Å². The first-order valence-electron chi connectivity index (χ1n) is 20.6. The number of ether oxygens (including phenoxy) is 1. The van der Waals surface area contributed by atoms with Gasteiger partial charge in [0.25, 0.3) is 5.69 Å². The highest BCUT2D eigenvalue weighted by atomic mass is 16.5. The van der Waals surface area contributed by atoms with Crippen molar-refractivity contribution < 1.29 is 8.85 Å². The zero-order valence-electron chi connectivity index (χ0n) is 35.6. The molecule has 0 aliphatic carbocycles. The molecule has 1 aliphatic rings. The Balaban J connectivity index is 1.16. The number of hydrogen-bond acceptors (Lipinski definition) is 2. The lowest BCUT2D eigenvalue weighted by molar-refractivity contribution is 0.483. The highest BCUT2D eigenvalue weighted by molar-refractivity contribution is 6.10. The summed E-state index contributed by atoms with van der Waals surface area (Å²) in [6, 6.07) is 52.6. The lowest BCUT2D eigenvalue weighted by Crippen LogP contribution is -2.12. The average Bonchev–Trinajstić information content (AvgIpc) is 3.76. The molecule has 0 spiro atoms. The van der Waals surface area contributed by atoms with Crippen LogP contribution in [0.3, 0.4) is 0 Å². The molecule has 0 fully saturated rings. The molecule has 5 nitrogen and oxygen atoms in total. The van der Waals surface area contributed by atoms with E-state index in [2.05, 4.69) is 131 Å². The first-order valence-corrected chi connectivity index (χ1v) is 19.1. The molecule has 0 amide bonds. The van der Waals surface area contributed by atoms with Gasteiger partial charge in [0.05, 0.1) is 17.1 Å². The van der Waals surface area contributed by atoms with E-state index in [1.807, 2.05) is 69.9 Å². The van der Waals surface area contributed by atoms with Gasteiger partial charge >= 0.3 is 11.7 Å². The van der Waals surface area contributed by atoms with E-state index in [9.17, 15) is 0 Å². The maximum absolute atomic E-state index is 8.45. The Morgan fingerprint density at radius 1 is 0.589 bits per heavy atom. The fraction of sp³-hybridized carbons (Fsp3) is 0.176. The molecule has 9 rings (SSSR count). The van der Waals surface area contributed by atoms with Crippen LogP contribution in [0.4, 0.5) is 22.7 Å². The van der Waals surface area contributed by atoms with E-state index in [0.717, 1.165) is 61.4 Å². The van der Waals surface area contributed by atoms with Crippen LogP contribution in [0.2, 0.25) is 0 Å². The molecule has 0 saturated carbocycles. The Morgan fingerprint density at radius 2 is 1.32 bits per heavy atom. The van der Waals surface area contributed by atoms with Gasteiger partial charge in [0, 0.05) is 57.0 Å². The SMILES string of the molecule is [2H]C([2H])([2H])c1cccc2c1[N+](c1cccc(C(C)(C)C)c1)=C=[N+]2c1cccc(Oc2ccc3c4cc(-c5ccccc5)ccc4n(-c4cc(C(C)(C)C)ccn4)c3c2)c1. The van der Waals surface area contributed by atoms with Crippen LogP contribution in [-0.4, -0.2) is 15.6 Å². The minimum Gasteiger partial charge on any atom is -0.457 e. The summed E-state index contributed by atoms with van der Waals surface area (Å²) in [7, 11) is 0. The average molecular weight is 734 g/mol. The molecule has 3 heterocycles. The summed E-state index contributed by atoms with van der Waals surface area (Å²) in [6.45, 7) is 10.8. The second kappa shape index (κ2) is 13.3. The van der Waals surface area contributed by atoms with Gasteiger partial charge in [-0.3, -0.25) is 4.57 Å². The third kappa shape index (κ3) is 6.30. The predicted molar refractivity (Wildman–Crippen MR) is 233 cm³/mol. The molecule has 0 bridgehead atoms. The monoisotopic (exact) mass is 733 g/mol. The van der Waals surface area contributed by atoms with Crippen LogP contribution in [0.15, 0.2) is 152 Å². The predicted octanol–water partition coefficient (Wildman–Crippen LogP) is 13.4. The third-order valence-corrected chi connectivity index (χ3v) is 10.6. The number of pyridine rings is 1. The second-order valence-electron chi connectivity index (χ2n) is 16.6. The van der Waals surface area contributed by atoms with Crippen molar-refractivity contribution in [3.05, 3.63) is 168 Å². The number of rotatable bonds is 6. The number of para-hydroxylation sites is 1. The van der Waals surface area contributed by atoms with Gasteiger partial charge in [-0.25, -0.2) is 4.98 Å². The third-order valence-electron chi connectivity index (χ3n) is 10.6. The highest BCUT2D eigenvalue weighted by Crippen LogP contribution is 2.41. The van der Waals surface area contributed by atoms with Crippen molar-refractivity contribution in [3.8, 4) is 28.4 Å². The van der Waals surface area contributed by atoms with E-state index < -0.39 is 6.85 Å². The Labute approximate surface area is 333 Å². The van der Waals surface area contributed by atoms with Crippen LogP contribution < -0.4 is 13.9 Å². The van der Waals surface area contributed by atoms with Crippen LogP contribution in [0, 0.1) is 6.85 Å². The normalized spacial score (nSPS) is 13.9. The maximum atomic E-state index is 8.45. The zero-order chi connectivity index (χ0) is 41.3. The highest BCUT2D eigenvalue weighted by Gasteiger charge is 2.38. The lowest BCUT2D eigenvalue weighted by atomic mass is 9.87. The minimum absolute atomic E-state index is 0.0528. The largest absolute Gasteiger partial charge is 0.503 e. The molecule has 8 aromatic rings. The molecule has 1 aliphatic heterocycles. The molecular formula is C51H46N4O+2. The number of aromatic nitrogens is 2. The molecule has 0 radical (unpaired) electrons. The molecule has 0 atom stereocenters. The molecule has 56 heavy (non-hydrogen) atoms. The van der Waals surface area contributed by atoms with E-state index in [1.165, 1.54) is 5.56 Å². The quantitative estimate of drug-likeness (QED) is 0.159. The van der Waals surface area contributed by atoms with Crippen molar-refractivity contribution in [1.29, 1.82) is 0 Å². The molecule has 0 saturated heterocycles. The van der Waals surface area contributed by atoms with Gasteiger partial charge in [-0.2, -0.15) is 0 Å². The Morgan fingerprint density at radius 3 is 2.11 bits per heavy atom. The number of hydrogen-bond donors (Lipinski definition) is 0. The Kier molecular flexibility index (Phi) is 7.56. The van der Waals surface area contributed by atoms with Crippen molar-refractivity contribution in [2.75, 3.05) is 0 Å². The number of nitrogens with zero attached hydrogens (tertiary/aromatic N) is 4. The van der Waals surface area contributed by atoms with Crippen LogP contribution in [0.25, 0.3) is 38.8 Å². The first-order chi connectivity index (χ1) is 28.1. The van der Waals surface area contributed by atoms with Crippen molar-refractivity contribution in [1.82, 2.24) is 18.7 Å². The summed E-state index contributed by atoms with van der Waals surface area (Å²) in [5.41, 5.74) is 9.75. The maximum Gasteiger partial charge on any atom is 0.503 e. The summed E-state index contributed by atoms with van der Waals surface area (Å²) in [6.07, 6.45) is 1.89. The summed E-state index contributed by atoms with van der Waals surface area (Å²) in [5, 5.41) is 2.23. The van der Waals surface area contributed by atoms with Crippen LogP contribution in [0.1, 0.15) is 62.3 Å². The van der Waals surface area contributed by atoms with Crippen LogP contribution in [0.5, 0.6) is 11.5 Å². The van der Waals surface area contributed by atoms with E-state index in [-0.39, 0.29) is 16.4 Å². The molecule has 0 N–H and O–H groups in total. The fourth-order valence-corrected chi connectivity index (χ4v) is 7.60. The smallest absolute Gasteiger partial charge is 0.457 e. The van der Waals surface area contributed by atoms with Crippen molar-refractivity contribution in [2.24, 2.45) is 0 Å². The van der Waals surface area contributed by atoms with Gasteiger partial charge in [-0.1, -0.05) is 108 Å². The molecular weight excluding hydrogens is 685 g/mol. The minimum atomic E-state index is -2.33. The van der Waals surface area contributed by atoms with Crippen molar-refractivity contribution in [3.63, 3.8) is 0 Å². The summed E-state index contributed by atoms with van der Waals surface area (Å²) in [5.74, 6) is 2.15. The standard InChI is InChI=1S/C51H46N4O/c1-34-14-11-21-46-49(34)54(39-18-12-17-37(29-39)50(2,3)4)33-53(46)40-19-13-20-41(31-40)56-42-23-24-43-44-28-36(35-15-9-8-10-16-35)22-25-45(44)55(47(43)32-42)48-30-38(26-27-52-48)51(5,6)7/h8-32H,1-7H3/q+2/i1D3. The van der Waals surface area contributed by atoms with Gasteiger partial charge in [0.2, 0.25) is 11.4 Å². The first kappa shape index (κ1) is 31.8. The van der Waals surface area contributed by atoms with Crippen molar-refractivity contribution in [2.45, 2.75) is 59.2 Å². The van der Waals surface area contributed by atoms with Gasteiger partial charge in [-0.05, 0) is 91.6 Å². The number of fused-ring (bicyclic) bond motifs is 4. The lowest BCUT2D eigenvalue weighted by Gasteiger charge is -2.20. The van der Waals surface area contributed by atoms with Gasteiger partial charge < -0.3 is 4.74 Å². The Hall–Kier alpha value is -6.55. The topological polar surface area (TPSA) is 33.1 Å². The molecule has 0 unspecified atom stereocenters. The van der Waals surface area contributed by atoms with E-state index in [4.69, 9.17) is 13.8 Å². The molecule has 274 valence electrons. The summed E-state index contributed by atoms with van der Waals surface area (Å²) in [4.78, 5) is 4.90. The summed E-state index contributed by atoms with van der Waals surface area (Å²) >= 11 is 0. The van der Waals surface area contributed by atoms with Gasteiger partial charge in [-0.15, -0.1) is 0 Å². The molecule has 6 aromatic carbocycles.